The van der Waals surface area contributed by atoms with Crippen molar-refractivity contribution in [2.24, 2.45) is 7.05 Å². The van der Waals surface area contributed by atoms with Gasteiger partial charge in [-0.25, -0.2) is 0 Å². The average Bonchev–Trinajstić information content (AvgIpc) is 2.63. The maximum atomic E-state index is 12.3. The topological polar surface area (TPSA) is 17.8 Å². The summed E-state index contributed by atoms with van der Waals surface area (Å²) in [6, 6.07) is 6.78. The molecular formula is C11H9F3N2. The van der Waals surface area contributed by atoms with Crippen molar-refractivity contribution in [1.29, 1.82) is 0 Å². The second-order valence-electron chi connectivity index (χ2n) is 3.42. The summed E-state index contributed by atoms with van der Waals surface area (Å²) in [5.74, 6) is 0. The Bertz CT molecular complexity index is 483. The lowest BCUT2D eigenvalue weighted by Gasteiger charge is -2.07. The first-order chi connectivity index (χ1) is 7.48. The van der Waals surface area contributed by atoms with Gasteiger partial charge >= 0.3 is 6.18 Å². The van der Waals surface area contributed by atoms with Gasteiger partial charge in [0, 0.05) is 13.2 Å². The van der Waals surface area contributed by atoms with Gasteiger partial charge in [0.05, 0.1) is 11.3 Å². The van der Waals surface area contributed by atoms with E-state index in [4.69, 9.17) is 0 Å². The first-order valence-electron chi connectivity index (χ1n) is 4.64. The van der Waals surface area contributed by atoms with Gasteiger partial charge in [-0.05, 0) is 23.8 Å². The van der Waals surface area contributed by atoms with Crippen molar-refractivity contribution >= 4 is 0 Å². The van der Waals surface area contributed by atoms with Crippen molar-refractivity contribution in [1.82, 2.24) is 9.78 Å². The number of nitrogens with zero attached hydrogens (tertiary/aromatic N) is 2. The van der Waals surface area contributed by atoms with E-state index in [9.17, 15) is 13.2 Å². The Balaban J connectivity index is 2.37. The van der Waals surface area contributed by atoms with Crippen LogP contribution in [0, 0.1) is 0 Å². The van der Waals surface area contributed by atoms with Crippen LogP contribution < -0.4 is 0 Å². The van der Waals surface area contributed by atoms with Gasteiger partial charge in [-0.15, -0.1) is 0 Å². The lowest BCUT2D eigenvalue weighted by atomic mass is 10.1. The van der Waals surface area contributed by atoms with E-state index in [1.807, 2.05) is 0 Å². The number of benzene rings is 1. The highest BCUT2D eigenvalue weighted by atomic mass is 19.4. The molecule has 0 aliphatic rings. The zero-order valence-electron chi connectivity index (χ0n) is 8.49. The van der Waals surface area contributed by atoms with E-state index in [1.54, 1.807) is 24.0 Å². The molecule has 84 valence electrons. The van der Waals surface area contributed by atoms with Crippen LogP contribution in [0.3, 0.4) is 0 Å². The number of alkyl halides is 3. The highest BCUT2D eigenvalue weighted by molar-refractivity contribution is 5.59. The number of rotatable bonds is 1. The van der Waals surface area contributed by atoms with Gasteiger partial charge in [0.25, 0.3) is 0 Å². The molecule has 0 amide bonds. The highest BCUT2D eigenvalue weighted by Gasteiger charge is 2.29. The fraction of sp³-hybridized carbons (Fsp3) is 0.182. The van der Waals surface area contributed by atoms with E-state index in [0.29, 0.717) is 5.56 Å². The van der Waals surface area contributed by atoms with Crippen LogP contribution >= 0.6 is 0 Å². The van der Waals surface area contributed by atoms with E-state index in [1.165, 1.54) is 12.1 Å². The van der Waals surface area contributed by atoms with E-state index in [-0.39, 0.29) is 0 Å². The van der Waals surface area contributed by atoms with Crippen molar-refractivity contribution in [3.63, 3.8) is 0 Å². The largest absolute Gasteiger partial charge is 0.416 e. The molecule has 2 aromatic rings. The molecule has 0 aliphatic carbocycles. The Hall–Kier alpha value is -1.78. The fourth-order valence-corrected chi connectivity index (χ4v) is 1.49. The Labute approximate surface area is 90.3 Å². The molecule has 5 heteroatoms. The average molecular weight is 226 g/mol. The van der Waals surface area contributed by atoms with Crippen molar-refractivity contribution < 1.29 is 13.2 Å². The van der Waals surface area contributed by atoms with Gasteiger partial charge in [-0.3, -0.25) is 4.68 Å². The molecule has 0 fully saturated rings. The molecule has 0 spiro atoms. The first-order valence-corrected chi connectivity index (χ1v) is 4.64. The Morgan fingerprint density at radius 2 is 1.69 bits per heavy atom. The SMILES string of the molecule is Cn1nccc1-c1ccc(C(F)(F)F)cc1. The number of aromatic nitrogens is 2. The molecular weight excluding hydrogens is 217 g/mol. The Kier molecular flexibility index (Phi) is 2.46. The maximum absolute atomic E-state index is 12.3. The minimum atomic E-state index is -4.29. The second kappa shape index (κ2) is 3.66. The molecule has 1 aromatic heterocycles. The highest BCUT2D eigenvalue weighted by Crippen LogP contribution is 2.30. The molecule has 0 unspecified atom stereocenters. The molecule has 0 bridgehead atoms. The van der Waals surface area contributed by atoms with E-state index < -0.39 is 11.7 Å². The van der Waals surface area contributed by atoms with Gasteiger partial charge < -0.3 is 0 Å². The minimum Gasteiger partial charge on any atom is -0.268 e. The van der Waals surface area contributed by atoms with Crippen molar-refractivity contribution in [2.45, 2.75) is 6.18 Å². The van der Waals surface area contributed by atoms with Crippen LogP contribution in [0.1, 0.15) is 5.56 Å². The van der Waals surface area contributed by atoms with Crippen molar-refractivity contribution in [3.05, 3.63) is 42.1 Å². The molecule has 0 atom stereocenters. The third-order valence-corrected chi connectivity index (χ3v) is 2.33. The minimum absolute atomic E-state index is 0.640. The van der Waals surface area contributed by atoms with Crippen molar-refractivity contribution in [2.75, 3.05) is 0 Å². The van der Waals surface area contributed by atoms with Gasteiger partial charge in [0.1, 0.15) is 0 Å². The van der Waals surface area contributed by atoms with Crippen LogP contribution in [-0.2, 0) is 13.2 Å². The summed E-state index contributed by atoms with van der Waals surface area (Å²) < 4.78 is 38.6. The molecule has 0 N–H and O–H groups in total. The fourth-order valence-electron chi connectivity index (χ4n) is 1.49. The summed E-state index contributed by atoms with van der Waals surface area (Å²) in [5.41, 5.74) is 0.861. The summed E-state index contributed by atoms with van der Waals surface area (Å²) in [6.45, 7) is 0. The lowest BCUT2D eigenvalue weighted by molar-refractivity contribution is -0.137. The Morgan fingerprint density at radius 1 is 1.06 bits per heavy atom. The van der Waals surface area contributed by atoms with Crippen LogP contribution in [0.4, 0.5) is 13.2 Å². The molecule has 1 aromatic carbocycles. The van der Waals surface area contributed by atoms with E-state index in [2.05, 4.69) is 5.10 Å². The summed E-state index contributed by atoms with van der Waals surface area (Å²) in [4.78, 5) is 0. The van der Waals surface area contributed by atoms with Crippen LogP contribution in [0.5, 0.6) is 0 Å². The number of hydrogen-bond acceptors (Lipinski definition) is 1. The summed E-state index contributed by atoms with van der Waals surface area (Å²) >= 11 is 0. The van der Waals surface area contributed by atoms with E-state index >= 15 is 0 Å². The summed E-state index contributed by atoms with van der Waals surface area (Å²) in [7, 11) is 1.74. The monoisotopic (exact) mass is 226 g/mol. The number of aryl methyl sites for hydroxylation is 1. The molecule has 0 saturated carbocycles. The van der Waals surface area contributed by atoms with Crippen LogP contribution in [-0.4, -0.2) is 9.78 Å². The number of halogens is 3. The van der Waals surface area contributed by atoms with Crippen LogP contribution in [0.25, 0.3) is 11.3 Å². The standard InChI is InChI=1S/C11H9F3N2/c1-16-10(6-7-15-16)8-2-4-9(5-3-8)11(12,13)14/h2-7H,1H3. The molecule has 0 saturated heterocycles. The smallest absolute Gasteiger partial charge is 0.268 e. The normalized spacial score (nSPS) is 11.8. The quantitative estimate of drug-likeness (QED) is 0.730. The van der Waals surface area contributed by atoms with Gasteiger partial charge in [0.2, 0.25) is 0 Å². The molecule has 1 heterocycles. The van der Waals surface area contributed by atoms with Gasteiger partial charge in [-0.1, -0.05) is 12.1 Å². The predicted octanol–water partition coefficient (Wildman–Crippen LogP) is 3.11. The molecule has 0 aliphatic heterocycles. The molecule has 2 rings (SSSR count). The lowest BCUT2D eigenvalue weighted by Crippen LogP contribution is -2.04. The van der Waals surface area contributed by atoms with Gasteiger partial charge in [0.15, 0.2) is 0 Å². The third-order valence-electron chi connectivity index (χ3n) is 2.33. The molecule has 16 heavy (non-hydrogen) atoms. The number of hydrogen-bond donors (Lipinski definition) is 0. The molecule has 0 radical (unpaired) electrons. The van der Waals surface area contributed by atoms with Crippen LogP contribution in [0.2, 0.25) is 0 Å². The predicted molar refractivity (Wildman–Crippen MR) is 53.6 cm³/mol. The summed E-state index contributed by atoms with van der Waals surface area (Å²) in [6.07, 6.45) is -2.68. The second-order valence-corrected chi connectivity index (χ2v) is 3.42. The third kappa shape index (κ3) is 1.93. The zero-order valence-corrected chi connectivity index (χ0v) is 8.49. The van der Waals surface area contributed by atoms with Crippen LogP contribution in [0.15, 0.2) is 36.5 Å². The summed E-state index contributed by atoms with van der Waals surface area (Å²) in [5, 5.41) is 3.96. The van der Waals surface area contributed by atoms with E-state index in [0.717, 1.165) is 17.8 Å². The maximum Gasteiger partial charge on any atom is 0.416 e. The van der Waals surface area contributed by atoms with Gasteiger partial charge in [-0.2, -0.15) is 18.3 Å². The first kappa shape index (κ1) is 10.7. The zero-order chi connectivity index (χ0) is 11.8. The molecule has 2 nitrogen and oxygen atoms in total. The van der Waals surface area contributed by atoms with Crippen molar-refractivity contribution in [3.8, 4) is 11.3 Å². The Morgan fingerprint density at radius 3 is 2.12 bits per heavy atom.